The van der Waals surface area contributed by atoms with E-state index in [2.05, 4.69) is 15.0 Å². The third-order valence-corrected chi connectivity index (χ3v) is 5.37. The van der Waals surface area contributed by atoms with Crippen LogP contribution < -0.4 is 0 Å². The summed E-state index contributed by atoms with van der Waals surface area (Å²) in [6.45, 7) is 3.71. The van der Waals surface area contributed by atoms with E-state index >= 15 is 0 Å². The Morgan fingerprint density at radius 1 is 1.43 bits per heavy atom. The molecule has 0 spiro atoms. The second-order valence-electron chi connectivity index (χ2n) is 5.06. The van der Waals surface area contributed by atoms with Gasteiger partial charge in [0.05, 0.1) is 10.7 Å². The zero-order valence-electron chi connectivity index (χ0n) is 11.8. The van der Waals surface area contributed by atoms with Crippen LogP contribution in [0.1, 0.15) is 50.5 Å². The van der Waals surface area contributed by atoms with E-state index in [9.17, 15) is 9.90 Å². The molecule has 0 saturated heterocycles. The molecular formula is C14H15N3O2S2. The van der Waals surface area contributed by atoms with Gasteiger partial charge in [-0.1, -0.05) is 11.8 Å². The fourth-order valence-electron chi connectivity index (χ4n) is 2.05. The molecule has 0 aromatic carbocycles. The van der Waals surface area contributed by atoms with E-state index in [-0.39, 0.29) is 5.56 Å². The normalized spacial score (nSPS) is 14.4. The molecule has 2 aromatic rings. The number of carbonyl (C=O) groups is 1. The van der Waals surface area contributed by atoms with E-state index in [0.29, 0.717) is 22.4 Å². The monoisotopic (exact) mass is 321 g/mol. The van der Waals surface area contributed by atoms with Crippen molar-refractivity contribution in [1.29, 1.82) is 0 Å². The Hall–Kier alpha value is -1.47. The number of hydrogen-bond acceptors (Lipinski definition) is 6. The summed E-state index contributed by atoms with van der Waals surface area (Å²) in [5.41, 5.74) is 0.785. The molecule has 1 fully saturated rings. The van der Waals surface area contributed by atoms with Crippen molar-refractivity contribution in [1.82, 2.24) is 15.0 Å². The first-order valence-electron chi connectivity index (χ1n) is 6.70. The lowest BCUT2D eigenvalue weighted by Crippen LogP contribution is -2.09. The molecule has 0 aliphatic heterocycles. The van der Waals surface area contributed by atoms with Crippen LogP contribution in [0.25, 0.3) is 0 Å². The van der Waals surface area contributed by atoms with E-state index in [1.165, 1.54) is 11.8 Å². The number of carboxylic acid groups (broad SMARTS) is 1. The highest BCUT2D eigenvalue weighted by molar-refractivity contribution is 7.98. The van der Waals surface area contributed by atoms with Gasteiger partial charge in [-0.2, -0.15) is 0 Å². The van der Waals surface area contributed by atoms with E-state index in [1.54, 1.807) is 18.3 Å². The molecule has 1 saturated carbocycles. The second kappa shape index (κ2) is 5.73. The zero-order chi connectivity index (χ0) is 15.0. The lowest BCUT2D eigenvalue weighted by Gasteiger charge is -2.09. The molecule has 21 heavy (non-hydrogen) atoms. The number of carboxylic acids is 1. The summed E-state index contributed by atoms with van der Waals surface area (Å²) in [7, 11) is 0. The highest BCUT2D eigenvalue weighted by Crippen LogP contribution is 2.39. The van der Waals surface area contributed by atoms with E-state index in [1.807, 2.05) is 13.1 Å². The largest absolute Gasteiger partial charge is 0.478 e. The molecule has 1 aliphatic carbocycles. The Morgan fingerprint density at radius 3 is 2.76 bits per heavy atom. The Kier molecular flexibility index (Phi) is 3.95. The Labute approximate surface area is 130 Å². The van der Waals surface area contributed by atoms with Crippen LogP contribution in [0.4, 0.5) is 0 Å². The maximum Gasteiger partial charge on any atom is 0.340 e. The van der Waals surface area contributed by atoms with Crippen molar-refractivity contribution in [3.8, 4) is 0 Å². The molecular weight excluding hydrogens is 306 g/mol. The summed E-state index contributed by atoms with van der Waals surface area (Å²) >= 11 is 3.08. The first kappa shape index (κ1) is 14.5. The fourth-order valence-corrected chi connectivity index (χ4v) is 3.95. The van der Waals surface area contributed by atoms with Crippen LogP contribution in [0, 0.1) is 13.8 Å². The van der Waals surface area contributed by atoms with Gasteiger partial charge < -0.3 is 5.11 Å². The van der Waals surface area contributed by atoms with Crippen LogP contribution in [0.5, 0.6) is 0 Å². The van der Waals surface area contributed by atoms with Crippen LogP contribution in [0.3, 0.4) is 0 Å². The Bertz CT molecular complexity index is 696. The average Bonchev–Trinajstić information content (AvgIpc) is 3.18. The van der Waals surface area contributed by atoms with Gasteiger partial charge in [-0.3, -0.25) is 0 Å². The van der Waals surface area contributed by atoms with Crippen molar-refractivity contribution in [3.05, 3.63) is 33.2 Å². The van der Waals surface area contributed by atoms with Crippen molar-refractivity contribution >= 4 is 29.1 Å². The van der Waals surface area contributed by atoms with Gasteiger partial charge >= 0.3 is 5.97 Å². The Balaban J connectivity index is 1.88. The first-order chi connectivity index (χ1) is 10.0. The molecule has 2 aromatic heterocycles. The van der Waals surface area contributed by atoms with E-state index < -0.39 is 5.97 Å². The summed E-state index contributed by atoms with van der Waals surface area (Å²) < 4.78 is 0. The quantitative estimate of drug-likeness (QED) is 0.672. The second-order valence-corrected chi connectivity index (χ2v) is 7.34. The molecule has 2 heterocycles. The summed E-state index contributed by atoms with van der Waals surface area (Å²) in [5, 5.41) is 11.0. The van der Waals surface area contributed by atoms with E-state index in [4.69, 9.17) is 0 Å². The van der Waals surface area contributed by atoms with Gasteiger partial charge in [0.25, 0.3) is 0 Å². The number of aryl methyl sites for hydroxylation is 2. The summed E-state index contributed by atoms with van der Waals surface area (Å²) in [4.78, 5) is 25.6. The minimum absolute atomic E-state index is 0.227. The minimum atomic E-state index is -0.960. The lowest BCUT2D eigenvalue weighted by molar-refractivity contribution is 0.0690. The van der Waals surface area contributed by atoms with Crippen molar-refractivity contribution < 1.29 is 9.90 Å². The minimum Gasteiger partial charge on any atom is -0.478 e. The number of thiazole rings is 1. The van der Waals surface area contributed by atoms with Gasteiger partial charge in [0.15, 0.2) is 0 Å². The van der Waals surface area contributed by atoms with Gasteiger partial charge in [-0.25, -0.2) is 19.7 Å². The van der Waals surface area contributed by atoms with E-state index in [0.717, 1.165) is 28.6 Å². The molecule has 110 valence electrons. The molecule has 1 N–H and O–H groups in total. The molecule has 1 aliphatic rings. The van der Waals surface area contributed by atoms with Crippen molar-refractivity contribution in [2.45, 2.75) is 43.4 Å². The molecule has 0 atom stereocenters. The lowest BCUT2D eigenvalue weighted by atomic mass is 10.2. The maximum absolute atomic E-state index is 11.5. The van der Waals surface area contributed by atoms with Crippen LogP contribution in [0.15, 0.2) is 11.2 Å². The fraction of sp³-hybridized carbons (Fsp3) is 0.429. The highest BCUT2D eigenvalue weighted by atomic mass is 32.2. The number of nitrogens with zero attached hydrogens (tertiary/aromatic N) is 3. The molecule has 0 bridgehead atoms. The number of aromatic carboxylic acids is 1. The first-order valence-corrected chi connectivity index (χ1v) is 8.50. The standard InChI is InChI=1S/C14H15N3O2S2/c1-7-11(14(18)19)13(17-12(16-7)9-3-4-9)20-6-10-5-15-8(2)21-10/h5,9H,3-4,6H2,1-2H3,(H,18,19). The van der Waals surface area contributed by atoms with Gasteiger partial charge in [-0.15, -0.1) is 11.3 Å². The summed E-state index contributed by atoms with van der Waals surface area (Å²) in [5.74, 6) is 0.932. The maximum atomic E-state index is 11.5. The zero-order valence-corrected chi connectivity index (χ0v) is 13.4. The smallest absolute Gasteiger partial charge is 0.340 e. The van der Waals surface area contributed by atoms with Gasteiger partial charge in [0, 0.05) is 22.7 Å². The van der Waals surface area contributed by atoms with Gasteiger partial charge in [0.1, 0.15) is 16.4 Å². The van der Waals surface area contributed by atoms with Crippen molar-refractivity contribution in [2.75, 3.05) is 0 Å². The topological polar surface area (TPSA) is 76.0 Å². The highest BCUT2D eigenvalue weighted by Gasteiger charge is 2.29. The number of hydrogen-bond donors (Lipinski definition) is 1. The predicted molar refractivity (Wildman–Crippen MR) is 82.1 cm³/mol. The van der Waals surface area contributed by atoms with Crippen LogP contribution >= 0.6 is 23.1 Å². The molecule has 5 nitrogen and oxygen atoms in total. The molecule has 0 unspecified atom stereocenters. The summed E-state index contributed by atoms with van der Waals surface area (Å²) in [6.07, 6.45) is 4.04. The number of aromatic nitrogens is 3. The van der Waals surface area contributed by atoms with Crippen LogP contribution in [0.2, 0.25) is 0 Å². The van der Waals surface area contributed by atoms with Gasteiger partial charge in [-0.05, 0) is 26.7 Å². The van der Waals surface area contributed by atoms with Crippen molar-refractivity contribution in [3.63, 3.8) is 0 Å². The number of rotatable bonds is 5. The molecule has 7 heteroatoms. The molecule has 0 amide bonds. The van der Waals surface area contributed by atoms with Crippen molar-refractivity contribution in [2.24, 2.45) is 0 Å². The van der Waals surface area contributed by atoms with Crippen LogP contribution in [-0.4, -0.2) is 26.0 Å². The SMILES string of the molecule is Cc1ncc(CSc2nc(C3CC3)nc(C)c2C(=O)O)s1. The third-order valence-electron chi connectivity index (χ3n) is 3.25. The predicted octanol–water partition coefficient (Wildman–Crippen LogP) is 3.42. The number of thioether (sulfide) groups is 1. The molecule has 3 rings (SSSR count). The summed E-state index contributed by atoms with van der Waals surface area (Å²) in [6, 6.07) is 0. The molecule has 0 radical (unpaired) electrons. The Morgan fingerprint density at radius 2 is 2.19 bits per heavy atom. The van der Waals surface area contributed by atoms with Crippen LogP contribution in [-0.2, 0) is 5.75 Å². The average molecular weight is 321 g/mol. The third kappa shape index (κ3) is 3.24. The van der Waals surface area contributed by atoms with Gasteiger partial charge in [0.2, 0.25) is 0 Å².